The van der Waals surface area contributed by atoms with Crippen LogP contribution in [0.15, 0.2) is 0 Å². The fraction of sp³-hybridized carbons (Fsp3) is 0.923. The Bertz CT molecular complexity index is 271. The first-order valence-electron chi connectivity index (χ1n) is 6.67. The summed E-state index contributed by atoms with van der Waals surface area (Å²) in [5.41, 5.74) is -0.179. The van der Waals surface area contributed by atoms with Crippen LogP contribution in [0, 0.1) is 5.92 Å². The molecular weight excluding hydrogens is 200 g/mol. The van der Waals surface area contributed by atoms with Gasteiger partial charge in [0.1, 0.15) is 0 Å². The Labute approximate surface area is 98.6 Å². The highest BCUT2D eigenvalue weighted by atomic mass is 16.2. The van der Waals surface area contributed by atoms with Gasteiger partial charge in [-0.05, 0) is 25.7 Å². The van der Waals surface area contributed by atoms with E-state index in [-0.39, 0.29) is 5.54 Å². The molecule has 3 nitrogen and oxygen atoms in total. The molecule has 16 heavy (non-hydrogen) atoms. The zero-order valence-electron chi connectivity index (χ0n) is 10.8. The molecule has 2 fully saturated rings. The smallest absolute Gasteiger partial charge is 0.244 e. The maximum atomic E-state index is 12.5. The molecule has 0 aromatic heterocycles. The van der Waals surface area contributed by atoms with E-state index in [9.17, 15) is 4.79 Å². The van der Waals surface area contributed by atoms with Crippen molar-refractivity contribution >= 4 is 5.91 Å². The van der Waals surface area contributed by atoms with E-state index in [1.54, 1.807) is 0 Å². The van der Waals surface area contributed by atoms with Crippen LogP contribution in [0.3, 0.4) is 0 Å². The Morgan fingerprint density at radius 1 is 1.38 bits per heavy atom. The Kier molecular flexibility index (Phi) is 3.24. The van der Waals surface area contributed by atoms with Crippen LogP contribution >= 0.6 is 0 Å². The molecule has 2 rings (SSSR count). The van der Waals surface area contributed by atoms with Crippen molar-refractivity contribution in [3.63, 3.8) is 0 Å². The Morgan fingerprint density at radius 2 is 2.00 bits per heavy atom. The normalized spacial score (nSPS) is 27.7. The summed E-state index contributed by atoms with van der Waals surface area (Å²) in [4.78, 5) is 14.5. The van der Waals surface area contributed by atoms with Gasteiger partial charge in [-0.25, -0.2) is 0 Å². The van der Waals surface area contributed by atoms with Crippen molar-refractivity contribution < 1.29 is 4.79 Å². The molecule has 1 spiro atoms. The summed E-state index contributed by atoms with van der Waals surface area (Å²) < 4.78 is 0. The summed E-state index contributed by atoms with van der Waals surface area (Å²) in [6, 6.07) is 0.366. The molecule has 1 aliphatic carbocycles. The third-order valence-electron chi connectivity index (χ3n) is 4.67. The molecular formula is C13H24N2O. The predicted octanol–water partition coefficient (Wildman–Crippen LogP) is 2.12. The number of amides is 1. The lowest BCUT2D eigenvalue weighted by Gasteiger charge is -2.30. The van der Waals surface area contributed by atoms with Gasteiger partial charge in [0, 0.05) is 6.04 Å². The molecule has 2 atom stereocenters. The molecule has 0 bridgehead atoms. The maximum Gasteiger partial charge on any atom is 0.244 e. The van der Waals surface area contributed by atoms with E-state index in [1.807, 2.05) is 0 Å². The summed E-state index contributed by atoms with van der Waals surface area (Å²) in [5, 5.41) is 3.47. The molecule has 3 heteroatoms. The van der Waals surface area contributed by atoms with Crippen LogP contribution in [-0.4, -0.2) is 29.1 Å². The zero-order chi connectivity index (χ0) is 11.8. The lowest BCUT2D eigenvalue weighted by molar-refractivity contribution is -0.134. The van der Waals surface area contributed by atoms with Crippen LogP contribution in [0.2, 0.25) is 0 Å². The van der Waals surface area contributed by atoms with Gasteiger partial charge in [-0.2, -0.15) is 0 Å². The van der Waals surface area contributed by atoms with Crippen molar-refractivity contribution in [3.8, 4) is 0 Å². The van der Waals surface area contributed by atoms with Crippen molar-refractivity contribution in [2.75, 3.05) is 6.67 Å². The molecule has 2 aliphatic rings. The Balaban J connectivity index is 2.07. The first-order valence-corrected chi connectivity index (χ1v) is 6.67. The number of carbonyl (C=O) groups excluding carboxylic acids is 1. The number of rotatable bonds is 3. The van der Waals surface area contributed by atoms with E-state index in [1.165, 1.54) is 12.8 Å². The maximum absolute atomic E-state index is 12.5. The molecule has 0 radical (unpaired) electrons. The minimum absolute atomic E-state index is 0.179. The number of hydrogen-bond donors (Lipinski definition) is 1. The van der Waals surface area contributed by atoms with Crippen LogP contribution in [0.5, 0.6) is 0 Å². The Hall–Kier alpha value is -0.570. The molecule has 1 aliphatic heterocycles. The monoisotopic (exact) mass is 224 g/mol. The van der Waals surface area contributed by atoms with Crippen LogP contribution < -0.4 is 5.32 Å². The van der Waals surface area contributed by atoms with Crippen LogP contribution in [-0.2, 0) is 4.79 Å². The van der Waals surface area contributed by atoms with E-state index < -0.39 is 0 Å². The number of nitrogens with one attached hydrogen (secondary N) is 1. The van der Waals surface area contributed by atoms with Gasteiger partial charge in [-0.15, -0.1) is 0 Å². The highest BCUT2D eigenvalue weighted by molar-refractivity contribution is 5.88. The van der Waals surface area contributed by atoms with Crippen LogP contribution in [0.1, 0.15) is 52.9 Å². The minimum atomic E-state index is -0.179. The Morgan fingerprint density at radius 3 is 2.56 bits per heavy atom. The quantitative estimate of drug-likeness (QED) is 0.796. The third kappa shape index (κ3) is 1.75. The van der Waals surface area contributed by atoms with Crippen molar-refractivity contribution in [2.45, 2.75) is 64.5 Å². The molecule has 2 unspecified atom stereocenters. The summed E-state index contributed by atoms with van der Waals surface area (Å²) >= 11 is 0. The summed E-state index contributed by atoms with van der Waals surface area (Å²) in [7, 11) is 0. The molecule has 1 amide bonds. The van der Waals surface area contributed by atoms with Crippen molar-refractivity contribution in [2.24, 2.45) is 5.92 Å². The highest BCUT2D eigenvalue weighted by Crippen LogP contribution is 2.35. The standard InChI is InChI=1S/C13H24N2O/c1-4-10(2)11(3)15-9-14-13(12(15)16)7-5-6-8-13/h10-11,14H,4-9H2,1-3H3. The average molecular weight is 224 g/mol. The molecule has 92 valence electrons. The van der Waals surface area contributed by atoms with Crippen molar-refractivity contribution in [1.82, 2.24) is 10.2 Å². The molecule has 0 aromatic carbocycles. The molecule has 1 N–H and O–H groups in total. The van der Waals surface area contributed by atoms with E-state index >= 15 is 0 Å². The second-order valence-electron chi connectivity index (χ2n) is 5.53. The zero-order valence-corrected chi connectivity index (χ0v) is 10.8. The van der Waals surface area contributed by atoms with Gasteiger partial charge in [-0.1, -0.05) is 33.1 Å². The summed E-state index contributed by atoms with van der Waals surface area (Å²) in [6.07, 6.45) is 5.61. The van der Waals surface area contributed by atoms with Gasteiger partial charge >= 0.3 is 0 Å². The molecule has 1 saturated heterocycles. The van der Waals surface area contributed by atoms with E-state index in [0.29, 0.717) is 17.9 Å². The first kappa shape index (κ1) is 11.9. The average Bonchev–Trinajstić information content (AvgIpc) is 2.88. The minimum Gasteiger partial charge on any atom is -0.325 e. The van der Waals surface area contributed by atoms with E-state index in [0.717, 1.165) is 25.9 Å². The number of hydrogen-bond acceptors (Lipinski definition) is 2. The number of carbonyl (C=O) groups is 1. The molecule has 1 heterocycles. The topological polar surface area (TPSA) is 32.3 Å². The van der Waals surface area contributed by atoms with Gasteiger partial charge in [0.25, 0.3) is 0 Å². The summed E-state index contributed by atoms with van der Waals surface area (Å²) in [5.74, 6) is 0.945. The summed E-state index contributed by atoms with van der Waals surface area (Å²) in [6.45, 7) is 7.37. The molecule has 0 aromatic rings. The number of nitrogens with zero attached hydrogens (tertiary/aromatic N) is 1. The van der Waals surface area contributed by atoms with E-state index in [2.05, 4.69) is 31.0 Å². The second kappa shape index (κ2) is 4.36. The van der Waals surface area contributed by atoms with Gasteiger partial charge < -0.3 is 4.90 Å². The fourth-order valence-corrected chi connectivity index (χ4v) is 3.01. The molecule has 1 saturated carbocycles. The van der Waals surface area contributed by atoms with Crippen molar-refractivity contribution in [1.29, 1.82) is 0 Å². The lowest BCUT2D eigenvalue weighted by Crippen LogP contribution is -2.46. The first-order chi connectivity index (χ1) is 7.60. The lowest BCUT2D eigenvalue weighted by atomic mass is 9.95. The third-order valence-corrected chi connectivity index (χ3v) is 4.67. The highest BCUT2D eigenvalue weighted by Gasteiger charge is 2.49. The SMILES string of the molecule is CCC(C)C(C)N1CNC2(CCCC2)C1=O. The second-order valence-corrected chi connectivity index (χ2v) is 5.53. The van der Waals surface area contributed by atoms with Crippen LogP contribution in [0.4, 0.5) is 0 Å². The van der Waals surface area contributed by atoms with Gasteiger partial charge in [0.2, 0.25) is 5.91 Å². The van der Waals surface area contributed by atoms with Gasteiger partial charge in [0.05, 0.1) is 12.2 Å². The van der Waals surface area contributed by atoms with Gasteiger partial charge in [0.15, 0.2) is 0 Å². The largest absolute Gasteiger partial charge is 0.325 e. The van der Waals surface area contributed by atoms with Crippen molar-refractivity contribution in [3.05, 3.63) is 0 Å². The predicted molar refractivity (Wildman–Crippen MR) is 65.0 cm³/mol. The van der Waals surface area contributed by atoms with E-state index in [4.69, 9.17) is 0 Å². The van der Waals surface area contributed by atoms with Gasteiger partial charge in [-0.3, -0.25) is 10.1 Å². The fourth-order valence-electron chi connectivity index (χ4n) is 3.01. The van der Waals surface area contributed by atoms with Crippen LogP contribution in [0.25, 0.3) is 0 Å².